The van der Waals surface area contributed by atoms with Crippen LogP contribution in [0.1, 0.15) is 34.0 Å². The molecule has 3 aromatic carbocycles. The van der Waals surface area contributed by atoms with Gasteiger partial charge in [0, 0.05) is 6.54 Å². The molecule has 0 heterocycles. The van der Waals surface area contributed by atoms with Crippen molar-refractivity contribution in [1.82, 2.24) is 5.32 Å². The van der Waals surface area contributed by atoms with Crippen LogP contribution in [0.3, 0.4) is 0 Å². The van der Waals surface area contributed by atoms with Crippen LogP contribution in [0.4, 0.5) is 0 Å². The Kier molecular flexibility index (Phi) is 9.92. The number of nitrogens with one attached hydrogen (secondary N) is 1. The van der Waals surface area contributed by atoms with Crippen molar-refractivity contribution in [3.63, 3.8) is 0 Å². The number of rotatable bonds is 11. The Labute approximate surface area is 228 Å². The van der Waals surface area contributed by atoms with Crippen molar-refractivity contribution < 1.29 is 28.9 Å². The van der Waals surface area contributed by atoms with Crippen LogP contribution in [0, 0.1) is 14.9 Å². The summed E-state index contributed by atoms with van der Waals surface area (Å²) >= 11 is 2.11. The number of methoxy groups -OCH3 is 1. The van der Waals surface area contributed by atoms with E-state index in [0.717, 1.165) is 20.4 Å². The number of hydrogen-bond donors (Lipinski definition) is 2. The second kappa shape index (κ2) is 13.3. The third-order valence-electron chi connectivity index (χ3n) is 5.20. The minimum Gasteiger partial charge on any atom is -0.497 e. The fourth-order valence-corrected chi connectivity index (χ4v) is 4.09. The zero-order valence-electron chi connectivity index (χ0n) is 20.3. The highest BCUT2D eigenvalue weighted by Gasteiger charge is 2.15. The molecule has 0 fully saturated rings. The number of halogens is 1. The molecule has 3 rings (SSSR count). The summed E-state index contributed by atoms with van der Waals surface area (Å²) in [5, 5.41) is 21.4. The summed E-state index contributed by atoms with van der Waals surface area (Å²) in [4.78, 5) is 23.7. The molecule has 0 bridgehead atoms. The number of carboxylic acids is 1. The maximum Gasteiger partial charge on any atom is 0.335 e. The number of benzene rings is 3. The van der Waals surface area contributed by atoms with E-state index >= 15 is 0 Å². The molecule has 0 aromatic heterocycles. The van der Waals surface area contributed by atoms with Gasteiger partial charge in [0.15, 0.2) is 11.5 Å². The van der Waals surface area contributed by atoms with Gasteiger partial charge in [0.1, 0.15) is 24.0 Å². The molecule has 0 spiro atoms. The zero-order valence-corrected chi connectivity index (χ0v) is 22.4. The van der Waals surface area contributed by atoms with Crippen molar-refractivity contribution in [2.75, 3.05) is 13.7 Å². The highest BCUT2D eigenvalue weighted by Crippen LogP contribution is 2.35. The van der Waals surface area contributed by atoms with Crippen molar-refractivity contribution in [1.29, 1.82) is 5.26 Å². The summed E-state index contributed by atoms with van der Waals surface area (Å²) in [6, 6.07) is 19.2. The topological polar surface area (TPSA) is 118 Å². The van der Waals surface area contributed by atoms with E-state index in [0.29, 0.717) is 23.7 Å². The quantitative estimate of drug-likeness (QED) is 0.174. The number of aromatic carboxylic acids is 1. The predicted molar refractivity (Wildman–Crippen MR) is 146 cm³/mol. The van der Waals surface area contributed by atoms with Gasteiger partial charge in [0.2, 0.25) is 0 Å². The van der Waals surface area contributed by atoms with Crippen LogP contribution in [-0.2, 0) is 17.9 Å². The van der Waals surface area contributed by atoms with Crippen molar-refractivity contribution >= 4 is 40.5 Å². The van der Waals surface area contributed by atoms with Crippen molar-refractivity contribution in [2.24, 2.45) is 0 Å². The maximum atomic E-state index is 12.6. The van der Waals surface area contributed by atoms with E-state index in [2.05, 4.69) is 27.9 Å². The van der Waals surface area contributed by atoms with E-state index in [9.17, 15) is 14.9 Å². The summed E-state index contributed by atoms with van der Waals surface area (Å²) < 4.78 is 17.6. The predicted octanol–water partition coefficient (Wildman–Crippen LogP) is 5.20. The lowest BCUT2D eigenvalue weighted by molar-refractivity contribution is -0.117. The van der Waals surface area contributed by atoms with Crippen LogP contribution in [0.15, 0.2) is 66.2 Å². The standard InChI is InChI=1S/C28H25IN2O6/c1-3-36-25-14-20(12-22(15-30)27(32)31-16-18-6-10-23(35-2)11-7-18)13-24(29)26(25)37-17-19-4-8-21(9-5-19)28(33)34/h4-14H,3,16-17H2,1-2H3,(H,31,32)(H,33,34)/b22-12-. The fraction of sp³-hybridized carbons (Fsp3) is 0.179. The van der Waals surface area contributed by atoms with Gasteiger partial charge >= 0.3 is 5.97 Å². The molecule has 0 aliphatic heterocycles. The highest BCUT2D eigenvalue weighted by molar-refractivity contribution is 14.1. The Balaban J connectivity index is 1.75. The fourth-order valence-electron chi connectivity index (χ4n) is 3.31. The molecular formula is C28H25IN2O6. The Morgan fingerprint density at radius 2 is 1.73 bits per heavy atom. The minimum atomic E-state index is -0.990. The van der Waals surface area contributed by atoms with E-state index < -0.39 is 11.9 Å². The van der Waals surface area contributed by atoms with Gasteiger partial charge in [-0.05, 0) is 88.7 Å². The zero-order chi connectivity index (χ0) is 26.8. The number of carbonyl (C=O) groups excluding carboxylic acids is 1. The second-order valence-corrected chi connectivity index (χ2v) is 8.92. The first-order valence-electron chi connectivity index (χ1n) is 11.3. The maximum absolute atomic E-state index is 12.6. The van der Waals surface area contributed by atoms with Crippen LogP contribution in [0.25, 0.3) is 6.08 Å². The minimum absolute atomic E-state index is 0.0426. The number of amides is 1. The van der Waals surface area contributed by atoms with Crippen molar-refractivity contribution in [3.8, 4) is 23.3 Å². The molecule has 0 atom stereocenters. The van der Waals surface area contributed by atoms with Gasteiger partial charge in [-0.1, -0.05) is 24.3 Å². The summed E-state index contributed by atoms with van der Waals surface area (Å²) in [5.74, 6) is 0.228. The molecule has 0 radical (unpaired) electrons. The Morgan fingerprint density at radius 1 is 1.05 bits per heavy atom. The molecule has 2 N–H and O–H groups in total. The van der Waals surface area contributed by atoms with E-state index in [1.165, 1.54) is 18.2 Å². The average Bonchev–Trinajstić information content (AvgIpc) is 2.90. The van der Waals surface area contributed by atoms with E-state index in [1.807, 2.05) is 25.1 Å². The first-order valence-corrected chi connectivity index (χ1v) is 12.4. The number of nitriles is 1. The Hall–Kier alpha value is -4.04. The lowest BCUT2D eigenvalue weighted by Gasteiger charge is -2.15. The number of carbonyl (C=O) groups is 2. The molecule has 3 aromatic rings. The summed E-state index contributed by atoms with van der Waals surface area (Å²) in [7, 11) is 1.58. The van der Waals surface area contributed by atoms with Crippen LogP contribution in [0.2, 0.25) is 0 Å². The van der Waals surface area contributed by atoms with E-state index in [1.54, 1.807) is 43.5 Å². The van der Waals surface area contributed by atoms with Gasteiger partial charge in [-0.25, -0.2) is 4.79 Å². The third kappa shape index (κ3) is 7.72. The van der Waals surface area contributed by atoms with Gasteiger partial charge in [-0.3, -0.25) is 4.79 Å². The average molecular weight is 612 g/mol. The molecule has 0 unspecified atom stereocenters. The second-order valence-electron chi connectivity index (χ2n) is 7.75. The van der Waals surface area contributed by atoms with Crippen molar-refractivity contribution in [2.45, 2.75) is 20.1 Å². The molecule has 8 nitrogen and oxygen atoms in total. The van der Waals surface area contributed by atoms with E-state index in [4.69, 9.17) is 19.3 Å². The normalized spacial score (nSPS) is 10.8. The lowest BCUT2D eigenvalue weighted by atomic mass is 10.1. The molecule has 1 amide bonds. The van der Waals surface area contributed by atoms with Gasteiger partial charge in [-0.15, -0.1) is 0 Å². The third-order valence-corrected chi connectivity index (χ3v) is 6.01. The molecular weight excluding hydrogens is 587 g/mol. The monoisotopic (exact) mass is 612 g/mol. The molecule has 0 aliphatic rings. The number of hydrogen-bond acceptors (Lipinski definition) is 6. The smallest absolute Gasteiger partial charge is 0.335 e. The van der Waals surface area contributed by atoms with Crippen LogP contribution in [0.5, 0.6) is 17.2 Å². The largest absolute Gasteiger partial charge is 0.497 e. The highest BCUT2D eigenvalue weighted by atomic mass is 127. The first-order chi connectivity index (χ1) is 17.8. The number of carboxylic acid groups (broad SMARTS) is 1. The molecule has 37 heavy (non-hydrogen) atoms. The first kappa shape index (κ1) is 27.5. The number of ether oxygens (including phenoxy) is 3. The van der Waals surface area contributed by atoms with Crippen LogP contribution >= 0.6 is 22.6 Å². The van der Waals surface area contributed by atoms with Gasteiger partial charge in [0.05, 0.1) is 22.9 Å². The van der Waals surface area contributed by atoms with E-state index in [-0.39, 0.29) is 24.3 Å². The molecule has 0 saturated carbocycles. The van der Waals surface area contributed by atoms with Gasteiger partial charge in [0.25, 0.3) is 5.91 Å². The Bertz CT molecular complexity index is 1330. The lowest BCUT2D eigenvalue weighted by Crippen LogP contribution is -2.23. The van der Waals surface area contributed by atoms with Crippen molar-refractivity contribution in [3.05, 3.63) is 92.1 Å². The molecule has 0 saturated heterocycles. The van der Waals surface area contributed by atoms with Crippen LogP contribution < -0.4 is 19.5 Å². The van der Waals surface area contributed by atoms with Gasteiger partial charge < -0.3 is 24.6 Å². The summed E-state index contributed by atoms with van der Waals surface area (Å²) in [6.07, 6.45) is 1.50. The molecule has 0 aliphatic carbocycles. The molecule has 190 valence electrons. The molecule has 9 heteroatoms. The summed E-state index contributed by atoms with van der Waals surface area (Å²) in [5.41, 5.74) is 2.44. The van der Waals surface area contributed by atoms with Crippen LogP contribution in [-0.4, -0.2) is 30.7 Å². The number of nitrogens with zero attached hydrogens (tertiary/aromatic N) is 1. The van der Waals surface area contributed by atoms with Gasteiger partial charge in [-0.2, -0.15) is 5.26 Å². The summed E-state index contributed by atoms with van der Waals surface area (Å²) in [6.45, 7) is 2.71. The Morgan fingerprint density at radius 3 is 2.32 bits per heavy atom. The SMILES string of the molecule is CCOc1cc(/C=C(/C#N)C(=O)NCc2ccc(OC)cc2)cc(I)c1OCc1ccc(C(=O)O)cc1.